The van der Waals surface area contributed by atoms with Crippen molar-refractivity contribution in [3.8, 4) is 11.5 Å². The van der Waals surface area contributed by atoms with Gasteiger partial charge in [0, 0.05) is 39.3 Å². The van der Waals surface area contributed by atoms with Crippen LogP contribution >= 0.6 is 0 Å². The van der Waals surface area contributed by atoms with Gasteiger partial charge in [0.15, 0.2) is 0 Å². The van der Waals surface area contributed by atoms with Crippen LogP contribution in [0.5, 0.6) is 11.5 Å². The highest BCUT2D eigenvalue weighted by molar-refractivity contribution is 6.00. The minimum atomic E-state index is -0.0483. The summed E-state index contributed by atoms with van der Waals surface area (Å²) in [5, 5.41) is 9.64. The van der Waals surface area contributed by atoms with Crippen molar-refractivity contribution in [1.82, 2.24) is 9.80 Å². The quantitative estimate of drug-likeness (QED) is 0.862. The van der Waals surface area contributed by atoms with E-state index in [1.54, 1.807) is 13.2 Å². The largest absolute Gasteiger partial charge is 0.508 e. The Kier molecular flexibility index (Phi) is 5.50. The number of aromatic hydroxyl groups is 1. The van der Waals surface area contributed by atoms with Crippen LogP contribution in [-0.2, 0) is 11.3 Å². The van der Waals surface area contributed by atoms with Crippen LogP contribution in [0.15, 0.2) is 48.5 Å². The molecule has 2 fully saturated rings. The summed E-state index contributed by atoms with van der Waals surface area (Å²) in [6.45, 7) is 5.17. The molecule has 0 aliphatic carbocycles. The number of rotatable bonds is 5. The van der Waals surface area contributed by atoms with Crippen molar-refractivity contribution < 1.29 is 14.6 Å². The number of ether oxygens (including phenoxy) is 1. The monoisotopic (exact) mass is 381 g/mol. The van der Waals surface area contributed by atoms with Crippen molar-refractivity contribution in [2.75, 3.05) is 44.7 Å². The van der Waals surface area contributed by atoms with Crippen LogP contribution in [0.1, 0.15) is 12.0 Å². The van der Waals surface area contributed by atoms with Gasteiger partial charge in [-0.3, -0.25) is 14.6 Å². The highest BCUT2D eigenvalue weighted by atomic mass is 16.5. The van der Waals surface area contributed by atoms with Gasteiger partial charge < -0.3 is 14.7 Å². The molecule has 0 bridgehead atoms. The van der Waals surface area contributed by atoms with Crippen molar-refractivity contribution >= 4 is 11.6 Å². The van der Waals surface area contributed by atoms with E-state index in [2.05, 4.69) is 9.80 Å². The molecule has 0 spiro atoms. The number of carbonyl (C=O) groups is 1. The van der Waals surface area contributed by atoms with E-state index in [1.165, 1.54) is 0 Å². The van der Waals surface area contributed by atoms with Gasteiger partial charge in [-0.2, -0.15) is 0 Å². The predicted molar refractivity (Wildman–Crippen MR) is 109 cm³/mol. The number of phenols is 1. The molecule has 1 amide bonds. The molecule has 28 heavy (non-hydrogen) atoms. The summed E-state index contributed by atoms with van der Waals surface area (Å²) in [5.41, 5.74) is 1.98. The molecule has 1 atom stereocenters. The fourth-order valence-corrected chi connectivity index (χ4v) is 4.24. The molecule has 6 nitrogen and oxygen atoms in total. The number of methoxy groups -OCH3 is 1. The number of anilines is 1. The first-order valence-corrected chi connectivity index (χ1v) is 9.84. The van der Waals surface area contributed by atoms with E-state index in [1.807, 2.05) is 47.4 Å². The normalized spacial score (nSPS) is 21.2. The average Bonchev–Trinajstić information content (AvgIpc) is 3.10. The average molecular weight is 381 g/mol. The molecule has 4 rings (SSSR count). The lowest BCUT2D eigenvalue weighted by Crippen LogP contribution is -2.52. The van der Waals surface area contributed by atoms with Gasteiger partial charge in [0.1, 0.15) is 11.5 Å². The van der Waals surface area contributed by atoms with Crippen molar-refractivity contribution in [3.05, 3.63) is 54.1 Å². The van der Waals surface area contributed by atoms with Crippen molar-refractivity contribution in [3.63, 3.8) is 0 Å². The summed E-state index contributed by atoms with van der Waals surface area (Å²) in [7, 11) is 1.64. The summed E-state index contributed by atoms with van der Waals surface area (Å²) in [4.78, 5) is 19.6. The Bertz CT molecular complexity index is 833. The van der Waals surface area contributed by atoms with Gasteiger partial charge in [-0.05, 0) is 36.2 Å². The molecule has 148 valence electrons. The number of amides is 1. The van der Waals surface area contributed by atoms with E-state index in [9.17, 15) is 9.90 Å². The second kappa shape index (κ2) is 8.20. The third-order valence-corrected chi connectivity index (χ3v) is 5.72. The van der Waals surface area contributed by atoms with Crippen LogP contribution in [0, 0.1) is 0 Å². The van der Waals surface area contributed by atoms with Crippen LogP contribution < -0.4 is 9.64 Å². The minimum absolute atomic E-state index is 0.0483. The first-order valence-electron chi connectivity index (χ1n) is 9.84. The third kappa shape index (κ3) is 3.84. The zero-order valence-corrected chi connectivity index (χ0v) is 16.3. The maximum absolute atomic E-state index is 13.1. The number of piperazine rings is 1. The van der Waals surface area contributed by atoms with Crippen LogP contribution in [0.4, 0.5) is 5.69 Å². The highest BCUT2D eigenvalue weighted by Crippen LogP contribution is 2.32. The number of benzene rings is 2. The van der Waals surface area contributed by atoms with Crippen molar-refractivity contribution in [1.29, 1.82) is 0 Å². The molecule has 2 aliphatic rings. The molecular formula is C22H27N3O3. The fourth-order valence-electron chi connectivity index (χ4n) is 4.24. The molecule has 2 aliphatic heterocycles. The number of phenolic OH excluding ortho intramolecular Hbond substituents is 1. The second-order valence-corrected chi connectivity index (χ2v) is 7.45. The van der Waals surface area contributed by atoms with Gasteiger partial charge in [-0.15, -0.1) is 0 Å². The Morgan fingerprint density at radius 3 is 2.57 bits per heavy atom. The van der Waals surface area contributed by atoms with Gasteiger partial charge in [0.2, 0.25) is 5.91 Å². The topological polar surface area (TPSA) is 56.3 Å². The van der Waals surface area contributed by atoms with E-state index in [-0.39, 0.29) is 11.9 Å². The van der Waals surface area contributed by atoms with E-state index in [0.29, 0.717) is 5.75 Å². The smallest absolute Gasteiger partial charge is 0.244 e. The predicted octanol–water partition coefficient (Wildman–Crippen LogP) is 2.32. The third-order valence-electron chi connectivity index (χ3n) is 5.72. The summed E-state index contributed by atoms with van der Waals surface area (Å²) in [6, 6.07) is 15.1. The molecule has 2 aromatic carbocycles. The second-order valence-electron chi connectivity index (χ2n) is 7.45. The van der Waals surface area contributed by atoms with E-state index >= 15 is 0 Å². The first-order chi connectivity index (χ1) is 13.7. The Balaban J connectivity index is 1.36. The maximum atomic E-state index is 13.1. The van der Waals surface area contributed by atoms with E-state index in [4.69, 9.17) is 4.74 Å². The fraction of sp³-hybridized carbons (Fsp3) is 0.409. The van der Waals surface area contributed by atoms with Crippen LogP contribution in [0.25, 0.3) is 0 Å². The molecule has 0 radical (unpaired) electrons. The van der Waals surface area contributed by atoms with Gasteiger partial charge in [-0.25, -0.2) is 0 Å². The molecule has 2 aromatic rings. The summed E-state index contributed by atoms with van der Waals surface area (Å²) in [5.74, 6) is 1.22. The minimum Gasteiger partial charge on any atom is -0.508 e. The molecule has 1 N–H and O–H groups in total. The van der Waals surface area contributed by atoms with Gasteiger partial charge in [0.25, 0.3) is 0 Å². The number of hydrogen-bond donors (Lipinski definition) is 1. The van der Waals surface area contributed by atoms with Crippen molar-refractivity contribution in [2.24, 2.45) is 0 Å². The molecule has 2 heterocycles. The molecule has 6 heteroatoms. The van der Waals surface area contributed by atoms with E-state index in [0.717, 1.165) is 62.7 Å². The van der Waals surface area contributed by atoms with Crippen molar-refractivity contribution in [2.45, 2.75) is 19.0 Å². The van der Waals surface area contributed by atoms with Gasteiger partial charge in [0.05, 0.1) is 18.8 Å². The summed E-state index contributed by atoms with van der Waals surface area (Å²) >= 11 is 0. The Hall–Kier alpha value is -2.57. The highest BCUT2D eigenvalue weighted by Gasteiger charge is 2.38. The molecule has 2 saturated heterocycles. The summed E-state index contributed by atoms with van der Waals surface area (Å²) < 4.78 is 5.43. The summed E-state index contributed by atoms with van der Waals surface area (Å²) in [6.07, 6.45) is 0.851. The van der Waals surface area contributed by atoms with E-state index < -0.39 is 0 Å². The molecular weight excluding hydrogens is 354 g/mol. The van der Waals surface area contributed by atoms with Gasteiger partial charge >= 0.3 is 0 Å². The lowest BCUT2D eigenvalue weighted by atomic mass is 10.1. The lowest BCUT2D eigenvalue weighted by molar-refractivity contribution is -0.122. The Morgan fingerprint density at radius 1 is 1.04 bits per heavy atom. The van der Waals surface area contributed by atoms with Crippen LogP contribution in [0.2, 0.25) is 0 Å². The number of para-hydroxylation sites is 2. The Labute approximate surface area is 165 Å². The molecule has 0 saturated carbocycles. The maximum Gasteiger partial charge on any atom is 0.244 e. The zero-order chi connectivity index (χ0) is 19.5. The SMILES string of the molecule is COc1ccccc1N1CCC(N2CCN(Cc3cccc(O)c3)CC2)C1=O. The van der Waals surface area contributed by atoms with Crippen LogP contribution in [-0.4, -0.2) is 66.7 Å². The number of nitrogens with zero attached hydrogens (tertiary/aromatic N) is 3. The number of hydrogen-bond acceptors (Lipinski definition) is 5. The van der Waals surface area contributed by atoms with Crippen LogP contribution in [0.3, 0.4) is 0 Å². The Morgan fingerprint density at radius 2 is 1.82 bits per heavy atom. The first kappa shape index (κ1) is 18.8. The lowest BCUT2D eigenvalue weighted by Gasteiger charge is -2.37. The molecule has 1 unspecified atom stereocenters. The standard InChI is InChI=1S/C22H27N3O3/c1-28-21-8-3-2-7-19(21)25-10-9-20(22(25)27)24-13-11-23(12-14-24)16-17-5-4-6-18(26)15-17/h2-8,15,20,26H,9-14,16H2,1H3. The molecule has 0 aromatic heterocycles. The van der Waals surface area contributed by atoms with Gasteiger partial charge in [-0.1, -0.05) is 24.3 Å². The number of carbonyl (C=O) groups excluding carboxylic acids is 1. The zero-order valence-electron chi connectivity index (χ0n) is 16.3.